The number of hydrogen-bond acceptors (Lipinski definition) is 5. The lowest BCUT2D eigenvalue weighted by Crippen LogP contribution is -2.16. The second kappa shape index (κ2) is 5.23. The van der Waals surface area contributed by atoms with Crippen LogP contribution in [0.15, 0.2) is 29.4 Å². The number of nitrogens with zero attached hydrogens (tertiary/aromatic N) is 4. The van der Waals surface area contributed by atoms with Crippen molar-refractivity contribution < 1.29 is 17.2 Å². The van der Waals surface area contributed by atoms with Crippen LogP contribution in [0.4, 0.5) is 14.5 Å². The number of nitrogens with one attached hydrogen (secondary N) is 1. The molecule has 0 fully saturated rings. The highest BCUT2D eigenvalue weighted by Crippen LogP contribution is 2.21. The van der Waals surface area contributed by atoms with Gasteiger partial charge in [-0.05, 0) is 32.0 Å². The minimum absolute atomic E-state index is 0.0804. The van der Waals surface area contributed by atoms with E-state index in [1.54, 1.807) is 19.9 Å². The van der Waals surface area contributed by atoms with Crippen molar-refractivity contribution in [1.29, 1.82) is 0 Å². The van der Waals surface area contributed by atoms with Gasteiger partial charge in [0.1, 0.15) is 17.3 Å². The number of rotatable bonds is 3. The number of aromatic nitrogens is 4. The summed E-state index contributed by atoms with van der Waals surface area (Å²) in [7, 11) is -4.36. The number of hydrogen-bond donors (Lipinski definition) is 1. The lowest BCUT2D eigenvalue weighted by atomic mass is 10.3. The van der Waals surface area contributed by atoms with Crippen LogP contribution in [0.2, 0.25) is 0 Å². The van der Waals surface area contributed by atoms with Crippen LogP contribution in [0.5, 0.6) is 0 Å². The molecule has 0 atom stereocenters. The molecular formula is C13H11F2N5O2S. The van der Waals surface area contributed by atoms with Crippen LogP contribution >= 0.6 is 0 Å². The van der Waals surface area contributed by atoms with Crippen LogP contribution in [0, 0.1) is 25.5 Å². The Morgan fingerprint density at radius 1 is 1.13 bits per heavy atom. The Bertz CT molecular complexity index is 996. The third-order valence-electron chi connectivity index (χ3n) is 3.04. The monoisotopic (exact) mass is 339 g/mol. The van der Waals surface area contributed by atoms with E-state index in [0.717, 1.165) is 18.2 Å². The Balaban J connectivity index is 2.08. The van der Waals surface area contributed by atoms with E-state index in [4.69, 9.17) is 0 Å². The number of sulfonamides is 1. The molecule has 0 unspecified atom stereocenters. The topological polar surface area (TPSA) is 89.3 Å². The molecule has 0 aliphatic heterocycles. The summed E-state index contributed by atoms with van der Waals surface area (Å²) in [5.41, 5.74) is 0.477. The zero-order valence-corrected chi connectivity index (χ0v) is 12.9. The molecule has 2 heterocycles. The first-order valence-electron chi connectivity index (χ1n) is 6.46. The van der Waals surface area contributed by atoms with E-state index in [0.29, 0.717) is 11.4 Å². The largest absolute Gasteiger partial charge is 0.299 e. The summed E-state index contributed by atoms with van der Waals surface area (Å²) < 4.78 is 54.8. The molecule has 3 rings (SSSR count). The van der Waals surface area contributed by atoms with Crippen molar-refractivity contribution in [2.24, 2.45) is 0 Å². The van der Waals surface area contributed by atoms with Gasteiger partial charge in [0, 0.05) is 11.4 Å². The fraction of sp³-hybridized carbons (Fsp3) is 0.154. The molecule has 0 bridgehead atoms. The standard InChI is InChI=1S/C13H11F2N5O2S/c1-7-6-8(2)20-12(16-7)17-13(18-20)23(21,22)19-11-9(14)4-3-5-10(11)15/h3-6,19H,1-2H3. The molecule has 0 spiro atoms. The first-order chi connectivity index (χ1) is 10.8. The van der Waals surface area contributed by atoms with E-state index in [1.165, 1.54) is 4.52 Å². The summed E-state index contributed by atoms with van der Waals surface area (Å²) in [6, 6.07) is 4.70. The Morgan fingerprint density at radius 3 is 2.43 bits per heavy atom. The number of fused-ring (bicyclic) bond motifs is 1. The Hall–Kier alpha value is -2.62. The fourth-order valence-corrected chi connectivity index (χ4v) is 2.98. The minimum atomic E-state index is -4.36. The van der Waals surface area contributed by atoms with Crippen molar-refractivity contribution in [2.75, 3.05) is 4.72 Å². The molecule has 0 aliphatic rings. The molecule has 0 amide bonds. The molecule has 2 aromatic heterocycles. The van der Waals surface area contributed by atoms with Crippen molar-refractivity contribution in [3.8, 4) is 0 Å². The Kier molecular flexibility index (Phi) is 3.48. The van der Waals surface area contributed by atoms with E-state index in [-0.39, 0.29) is 5.78 Å². The lowest BCUT2D eigenvalue weighted by Gasteiger charge is -2.06. The fourth-order valence-electron chi connectivity index (χ4n) is 2.04. The molecule has 1 aromatic carbocycles. The van der Waals surface area contributed by atoms with Crippen LogP contribution in [0.25, 0.3) is 5.78 Å². The highest BCUT2D eigenvalue weighted by Gasteiger charge is 2.24. The predicted molar refractivity (Wildman–Crippen MR) is 77.4 cm³/mol. The van der Waals surface area contributed by atoms with Gasteiger partial charge < -0.3 is 0 Å². The molecule has 0 radical (unpaired) electrons. The third-order valence-corrected chi connectivity index (χ3v) is 4.16. The third kappa shape index (κ3) is 2.72. The number of halogens is 2. The van der Waals surface area contributed by atoms with Gasteiger partial charge in [-0.2, -0.15) is 13.4 Å². The highest BCUT2D eigenvalue weighted by atomic mass is 32.2. The van der Waals surface area contributed by atoms with Crippen molar-refractivity contribution >= 4 is 21.5 Å². The van der Waals surface area contributed by atoms with Crippen LogP contribution in [-0.4, -0.2) is 28.0 Å². The van der Waals surface area contributed by atoms with Gasteiger partial charge >= 0.3 is 0 Å². The Labute approximate surface area is 130 Å². The van der Waals surface area contributed by atoms with E-state index >= 15 is 0 Å². The second-order valence-electron chi connectivity index (χ2n) is 4.85. The molecule has 0 aliphatic carbocycles. The highest BCUT2D eigenvalue weighted by molar-refractivity contribution is 7.92. The smallest absolute Gasteiger partial charge is 0.271 e. The van der Waals surface area contributed by atoms with Gasteiger partial charge in [0.05, 0.1) is 0 Å². The zero-order valence-electron chi connectivity index (χ0n) is 12.1. The lowest BCUT2D eigenvalue weighted by molar-refractivity contribution is 0.579. The first-order valence-corrected chi connectivity index (χ1v) is 7.94. The molecule has 10 heteroatoms. The number of anilines is 1. The van der Waals surface area contributed by atoms with Crippen molar-refractivity contribution in [3.63, 3.8) is 0 Å². The molecular weight excluding hydrogens is 328 g/mol. The van der Waals surface area contributed by atoms with E-state index in [1.807, 2.05) is 4.72 Å². The molecule has 120 valence electrons. The van der Waals surface area contributed by atoms with Crippen molar-refractivity contribution in [3.05, 3.63) is 47.3 Å². The van der Waals surface area contributed by atoms with Crippen LogP contribution < -0.4 is 4.72 Å². The van der Waals surface area contributed by atoms with Gasteiger partial charge in [-0.25, -0.2) is 18.3 Å². The van der Waals surface area contributed by atoms with Gasteiger partial charge in [-0.15, -0.1) is 5.10 Å². The molecule has 7 nitrogen and oxygen atoms in total. The maximum Gasteiger partial charge on any atom is 0.299 e. The maximum atomic E-state index is 13.6. The van der Waals surface area contributed by atoms with Crippen LogP contribution in [0.1, 0.15) is 11.4 Å². The van der Waals surface area contributed by atoms with Gasteiger partial charge in [0.2, 0.25) is 0 Å². The summed E-state index contributed by atoms with van der Waals surface area (Å²) in [4.78, 5) is 7.87. The molecule has 0 saturated carbocycles. The average molecular weight is 339 g/mol. The van der Waals surface area contributed by atoms with E-state index < -0.39 is 32.5 Å². The second-order valence-corrected chi connectivity index (χ2v) is 6.42. The quantitative estimate of drug-likeness (QED) is 0.786. The summed E-state index contributed by atoms with van der Waals surface area (Å²) in [6.45, 7) is 3.43. The molecule has 1 N–H and O–H groups in total. The zero-order chi connectivity index (χ0) is 16.8. The predicted octanol–water partition coefficient (Wildman–Crippen LogP) is 1.82. The van der Waals surface area contributed by atoms with Crippen molar-refractivity contribution in [1.82, 2.24) is 19.6 Å². The SMILES string of the molecule is Cc1cc(C)n2nc(S(=O)(=O)Nc3c(F)cccc3F)nc2n1. The van der Waals surface area contributed by atoms with E-state index in [2.05, 4.69) is 15.1 Å². The van der Waals surface area contributed by atoms with Gasteiger partial charge in [0.25, 0.3) is 21.0 Å². The van der Waals surface area contributed by atoms with Gasteiger partial charge in [-0.1, -0.05) is 6.07 Å². The van der Waals surface area contributed by atoms with Crippen LogP contribution in [-0.2, 0) is 10.0 Å². The normalized spacial score (nSPS) is 11.8. The van der Waals surface area contributed by atoms with Crippen LogP contribution in [0.3, 0.4) is 0 Å². The minimum Gasteiger partial charge on any atom is -0.271 e. The summed E-state index contributed by atoms with van der Waals surface area (Å²) in [5, 5.41) is 3.20. The Morgan fingerprint density at radius 2 is 1.78 bits per heavy atom. The molecule has 0 saturated heterocycles. The molecule has 23 heavy (non-hydrogen) atoms. The summed E-state index contributed by atoms with van der Waals surface area (Å²) in [6.07, 6.45) is 0. The van der Waals surface area contributed by atoms with Gasteiger partial charge in [-0.3, -0.25) is 4.72 Å². The van der Waals surface area contributed by atoms with E-state index in [9.17, 15) is 17.2 Å². The van der Waals surface area contributed by atoms with Gasteiger partial charge in [0.15, 0.2) is 0 Å². The maximum absolute atomic E-state index is 13.6. The first kappa shape index (κ1) is 15.3. The number of aryl methyl sites for hydroxylation is 2. The number of para-hydroxylation sites is 1. The summed E-state index contributed by atoms with van der Waals surface area (Å²) in [5.74, 6) is -2.00. The average Bonchev–Trinajstić information content (AvgIpc) is 2.88. The summed E-state index contributed by atoms with van der Waals surface area (Å²) >= 11 is 0. The number of benzene rings is 1. The molecule has 3 aromatic rings. The van der Waals surface area contributed by atoms with Crippen molar-refractivity contribution in [2.45, 2.75) is 19.0 Å².